The fraction of sp³-hybridized carbons (Fsp3) is 0.647. The van der Waals surface area contributed by atoms with Crippen LogP contribution in [0.4, 0.5) is 18.0 Å². The van der Waals surface area contributed by atoms with E-state index in [2.05, 4.69) is 4.98 Å². The number of likely N-dealkylation sites (tertiary alicyclic amines) is 1. The van der Waals surface area contributed by atoms with Crippen LogP contribution < -0.4 is 4.74 Å². The number of alkyl halides is 3. The molecule has 2 aliphatic rings. The van der Waals surface area contributed by atoms with Gasteiger partial charge in [0.2, 0.25) is 5.88 Å². The average Bonchev–Trinajstić information content (AvgIpc) is 3.05. The van der Waals surface area contributed by atoms with Crippen molar-refractivity contribution in [2.45, 2.75) is 57.5 Å². The van der Waals surface area contributed by atoms with Gasteiger partial charge in [0.15, 0.2) is 0 Å². The molecule has 1 saturated carbocycles. The Morgan fingerprint density at radius 1 is 1.24 bits per heavy atom. The summed E-state index contributed by atoms with van der Waals surface area (Å²) in [6, 6.07) is 2.03. The van der Waals surface area contributed by atoms with Crippen molar-refractivity contribution in [3.63, 3.8) is 0 Å². The first-order valence-corrected chi connectivity index (χ1v) is 8.22. The molecule has 1 aromatic rings. The second-order valence-corrected chi connectivity index (χ2v) is 7.58. The molecule has 5 nitrogen and oxygen atoms in total. The van der Waals surface area contributed by atoms with Crippen molar-refractivity contribution in [3.05, 3.63) is 23.9 Å². The lowest BCUT2D eigenvalue weighted by Crippen LogP contribution is -2.48. The van der Waals surface area contributed by atoms with Crippen LogP contribution in [0, 0.1) is 5.92 Å². The van der Waals surface area contributed by atoms with Crippen LogP contribution in [-0.2, 0) is 10.9 Å². The van der Waals surface area contributed by atoms with Crippen LogP contribution in [0.15, 0.2) is 18.3 Å². The first-order chi connectivity index (χ1) is 11.5. The Morgan fingerprint density at radius 2 is 1.96 bits per heavy atom. The normalized spacial score (nSPS) is 26.0. The van der Waals surface area contributed by atoms with E-state index < -0.39 is 17.3 Å². The van der Waals surface area contributed by atoms with E-state index in [1.165, 1.54) is 6.07 Å². The summed E-state index contributed by atoms with van der Waals surface area (Å²) in [5, 5.41) is 0. The minimum absolute atomic E-state index is 0.134. The van der Waals surface area contributed by atoms with E-state index in [0.29, 0.717) is 12.5 Å². The van der Waals surface area contributed by atoms with E-state index in [1.807, 2.05) is 0 Å². The molecule has 25 heavy (non-hydrogen) atoms. The highest BCUT2D eigenvalue weighted by molar-refractivity contribution is 5.69. The fourth-order valence-corrected chi connectivity index (χ4v) is 3.40. The van der Waals surface area contributed by atoms with Crippen LogP contribution in [0.25, 0.3) is 0 Å². The quantitative estimate of drug-likeness (QED) is 0.805. The summed E-state index contributed by atoms with van der Waals surface area (Å²) in [6.45, 7) is 6.04. The van der Waals surface area contributed by atoms with Crippen molar-refractivity contribution in [1.82, 2.24) is 9.88 Å². The molecule has 1 aliphatic heterocycles. The van der Waals surface area contributed by atoms with Crippen molar-refractivity contribution in [3.8, 4) is 5.88 Å². The summed E-state index contributed by atoms with van der Waals surface area (Å²) in [7, 11) is 0. The van der Waals surface area contributed by atoms with Gasteiger partial charge >= 0.3 is 12.3 Å². The number of aromatic nitrogens is 1. The minimum atomic E-state index is -4.43. The van der Waals surface area contributed by atoms with Gasteiger partial charge in [-0.05, 0) is 45.6 Å². The van der Waals surface area contributed by atoms with Crippen LogP contribution in [0.1, 0.15) is 39.2 Å². The molecule has 0 aromatic carbocycles. The Balaban J connectivity index is 1.65. The summed E-state index contributed by atoms with van der Waals surface area (Å²) >= 11 is 0. The van der Waals surface area contributed by atoms with Crippen molar-refractivity contribution in [2.24, 2.45) is 5.92 Å². The molecule has 2 bridgehead atoms. The number of fused-ring (bicyclic) bond motifs is 2. The molecule has 3 rings (SSSR count). The lowest BCUT2D eigenvalue weighted by Gasteiger charge is -2.34. The Labute approximate surface area is 144 Å². The zero-order valence-electron chi connectivity index (χ0n) is 14.3. The average molecular weight is 358 g/mol. The van der Waals surface area contributed by atoms with Crippen molar-refractivity contribution in [2.75, 3.05) is 6.54 Å². The van der Waals surface area contributed by atoms with Gasteiger partial charge in [-0.2, -0.15) is 13.2 Å². The van der Waals surface area contributed by atoms with Gasteiger partial charge in [-0.15, -0.1) is 0 Å². The SMILES string of the molecule is CC(C)(C)OC(=O)N1CC2CC(Oc3ccc(C(F)(F)F)cn3)C1C2. The largest absolute Gasteiger partial charge is 0.472 e. The third-order valence-corrected chi connectivity index (χ3v) is 4.39. The molecule has 8 heteroatoms. The van der Waals surface area contributed by atoms with Gasteiger partial charge in [-0.3, -0.25) is 0 Å². The molecule has 2 fully saturated rings. The predicted molar refractivity (Wildman–Crippen MR) is 83.1 cm³/mol. The molecule has 138 valence electrons. The summed E-state index contributed by atoms with van der Waals surface area (Å²) in [6.07, 6.45) is -2.76. The predicted octanol–water partition coefficient (Wildman–Crippen LogP) is 3.88. The molecule has 0 spiro atoms. The summed E-state index contributed by atoms with van der Waals surface area (Å²) in [4.78, 5) is 17.7. The number of amides is 1. The van der Waals surface area contributed by atoms with Gasteiger partial charge in [0.25, 0.3) is 0 Å². The molecule has 1 amide bonds. The molecular formula is C17H21F3N2O3. The maximum Gasteiger partial charge on any atom is 0.417 e. The molecule has 1 aliphatic carbocycles. The number of halogens is 3. The highest BCUT2D eigenvalue weighted by Gasteiger charge is 2.49. The second-order valence-electron chi connectivity index (χ2n) is 7.58. The maximum atomic E-state index is 12.6. The molecule has 3 unspecified atom stereocenters. The van der Waals surface area contributed by atoms with E-state index in [-0.39, 0.29) is 24.1 Å². The van der Waals surface area contributed by atoms with Gasteiger partial charge in [-0.25, -0.2) is 9.78 Å². The number of rotatable bonds is 2. The van der Waals surface area contributed by atoms with Gasteiger partial charge in [-0.1, -0.05) is 0 Å². The lowest BCUT2D eigenvalue weighted by molar-refractivity contribution is -0.137. The lowest BCUT2D eigenvalue weighted by atomic mass is 10.1. The van der Waals surface area contributed by atoms with Crippen LogP contribution in [0.3, 0.4) is 0 Å². The Bertz CT molecular complexity index is 640. The van der Waals surface area contributed by atoms with E-state index >= 15 is 0 Å². The Kier molecular flexibility index (Phi) is 4.33. The van der Waals surface area contributed by atoms with E-state index in [1.54, 1.807) is 25.7 Å². The number of hydrogen-bond donors (Lipinski definition) is 0. The number of ether oxygens (including phenoxy) is 2. The molecule has 2 heterocycles. The smallest absolute Gasteiger partial charge is 0.417 e. The number of nitrogens with zero attached hydrogens (tertiary/aromatic N) is 2. The van der Waals surface area contributed by atoms with Crippen LogP contribution >= 0.6 is 0 Å². The first-order valence-electron chi connectivity index (χ1n) is 8.22. The Hall–Kier alpha value is -1.99. The number of carbonyl (C=O) groups excluding carboxylic acids is 1. The fourth-order valence-electron chi connectivity index (χ4n) is 3.40. The number of pyridine rings is 1. The first kappa shape index (κ1) is 17.8. The maximum absolute atomic E-state index is 12.6. The zero-order chi connectivity index (χ0) is 18.4. The minimum Gasteiger partial charge on any atom is -0.472 e. The van der Waals surface area contributed by atoms with Gasteiger partial charge < -0.3 is 14.4 Å². The number of carbonyl (C=O) groups is 1. The van der Waals surface area contributed by atoms with Crippen LogP contribution in [-0.4, -0.2) is 40.3 Å². The van der Waals surface area contributed by atoms with E-state index in [4.69, 9.17) is 9.47 Å². The zero-order valence-corrected chi connectivity index (χ0v) is 14.3. The third kappa shape index (κ3) is 3.99. The summed E-state index contributed by atoms with van der Waals surface area (Å²) in [5.74, 6) is 0.451. The number of piperidine rings is 1. The molecular weight excluding hydrogens is 337 g/mol. The second kappa shape index (κ2) is 6.07. The van der Waals surface area contributed by atoms with Crippen molar-refractivity contribution in [1.29, 1.82) is 0 Å². The van der Waals surface area contributed by atoms with Gasteiger partial charge in [0.05, 0.1) is 11.6 Å². The summed E-state index contributed by atoms with van der Waals surface area (Å²) < 4.78 is 48.9. The molecule has 0 radical (unpaired) electrons. The summed E-state index contributed by atoms with van der Waals surface area (Å²) in [5.41, 5.74) is -1.40. The molecule has 1 aromatic heterocycles. The standard InChI is InChI=1S/C17H21F3N2O3/c1-16(2,3)25-15(23)22-9-10-6-12(22)13(7-10)24-14-5-4-11(8-21-14)17(18,19)20/h4-5,8,10,12-13H,6-7,9H2,1-3H3. The third-order valence-electron chi connectivity index (χ3n) is 4.39. The Morgan fingerprint density at radius 3 is 2.48 bits per heavy atom. The topological polar surface area (TPSA) is 51.7 Å². The number of hydrogen-bond acceptors (Lipinski definition) is 4. The molecule has 3 atom stereocenters. The van der Waals surface area contributed by atoms with Crippen molar-refractivity contribution >= 4 is 6.09 Å². The van der Waals surface area contributed by atoms with Crippen LogP contribution in [0.5, 0.6) is 5.88 Å². The van der Waals surface area contributed by atoms with E-state index in [0.717, 1.165) is 25.1 Å². The molecule has 0 N–H and O–H groups in total. The highest BCUT2D eigenvalue weighted by atomic mass is 19.4. The van der Waals surface area contributed by atoms with Crippen molar-refractivity contribution < 1.29 is 27.4 Å². The molecule has 1 saturated heterocycles. The highest BCUT2D eigenvalue weighted by Crippen LogP contribution is 2.40. The van der Waals surface area contributed by atoms with E-state index in [9.17, 15) is 18.0 Å². The van der Waals surface area contributed by atoms with Crippen LogP contribution in [0.2, 0.25) is 0 Å². The van der Waals surface area contributed by atoms with Gasteiger partial charge in [0, 0.05) is 18.8 Å². The van der Waals surface area contributed by atoms with Gasteiger partial charge in [0.1, 0.15) is 11.7 Å². The monoisotopic (exact) mass is 358 g/mol.